The van der Waals surface area contributed by atoms with Crippen molar-refractivity contribution in [3.05, 3.63) is 30.3 Å². The van der Waals surface area contributed by atoms with Gasteiger partial charge in [-0.3, -0.25) is 0 Å². The first-order valence-corrected chi connectivity index (χ1v) is 7.14. The summed E-state index contributed by atoms with van der Waals surface area (Å²) in [4.78, 5) is 0. The number of hydrogen-bond acceptors (Lipinski definition) is 1. The van der Waals surface area contributed by atoms with E-state index in [0.29, 0.717) is 0 Å². The number of halogens is 1. The van der Waals surface area contributed by atoms with Gasteiger partial charge in [-0.1, -0.05) is 0 Å². The van der Waals surface area contributed by atoms with Crippen LogP contribution >= 0.6 is 0 Å². The van der Waals surface area contributed by atoms with Crippen LogP contribution in [0.3, 0.4) is 0 Å². The molecule has 0 heterocycles. The first-order chi connectivity index (χ1) is 5.08. The maximum Gasteiger partial charge on any atom is 2.00 e. The van der Waals surface area contributed by atoms with Crippen LogP contribution in [0.1, 0.15) is 0 Å². The predicted molar refractivity (Wildman–Crippen MR) is 55.0 cm³/mol. The molecule has 0 aromatic heterocycles. The van der Waals surface area contributed by atoms with Gasteiger partial charge in [0.25, 0.3) is 0 Å². The topological polar surface area (TPSA) is 9.23 Å². The van der Waals surface area contributed by atoms with E-state index in [2.05, 4.69) is 25.7 Å². The zero-order valence-corrected chi connectivity index (χ0v) is 12.3. The molecule has 0 aliphatic carbocycles. The molecule has 1 aromatic carbocycles. The van der Waals surface area contributed by atoms with Gasteiger partial charge >= 0.3 is 23.1 Å². The summed E-state index contributed by atoms with van der Waals surface area (Å²) in [7, 11) is -1.43. The monoisotopic (exact) mass is 268 g/mol. The molecule has 1 aromatic rings. The fraction of sp³-hybridized carbons (Fsp3) is 0.333. The Balaban J connectivity index is 0. The molecule has 1 nitrogen and oxygen atoms in total. The molecule has 0 spiro atoms. The Morgan fingerprint density at radius 1 is 1.23 bits per heavy atom. The van der Waals surface area contributed by atoms with Gasteiger partial charge in [0, 0.05) is 0 Å². The summed E-state index contributed by atoms with van der Waals surface area (Å²) >= 11 is 0. The van der Waals surface area contributed by atoms with Crippen LogP contribution in [0, 0.1) is 6.07 Å². The molecule has 0 bridgehead atoms. The number of rotatable bonds is 2. The van der Waals surface area contributed by atoms with Gasteiger partial charge in [-0.25, -0.2) is 0 Å². The third-order valence-corrected chi connectivity index (χ3v) is 1.93. The third kappa shape index (κ3) is 7.55. The predicted octanol–water partition coefficient (Wildman–Crippen LogP) is -0.676. The van der Waals surface area contributed by atoms with E-state index in [-0.39, 0.29) is 40.0 Å². The number of para-hydroxylation sites is 1. The molecule has 1 rings (SSSR count). The first-order valence-electron chi connectivity index (χ1n) is 3.74. The van der Waals surface area contributed by atoms with Crippen molar-refractivity contribution in [1.82, 2.24) is 0 Å². The molecular weight excluding hydrogens is 256 g/mol. The summed E-state index contributed by atoms with van der Waals surface area (Å²) < 4.78 is 5.68. The van der Waals surface area contributed by atoms with E-state index >= 15 is 0 Å². The van der Waals surface area contributed by atoms with Crippen LogP contribution in [0.5, 0.6) is 5.75 Å². The summed E-state index contributed by atoms with van der Waals surface area (Å²) in [5, 5.41) is 0. The smallest absolute Gasteiger partial charge is 1.00 e. The average Bonchev–Trinajstić information content (AvgIpc) is 1.85. The minimum atomic E-state index is -1.43. The zero-order chi connectivity index (χ0) is 8.32. The van der Waals surface area contributed by atoms with Crippen molar-refractivity contribution in [1.29, 1.82) is 0 Å². The van der Waals surface area contributed by atoms with Crippen LogP contribution in [0.15, 0.2) is 24.3 Å². The van der Waals surface area contributed by atoms with Crippen molar-refractivity contribution >= 4 is 31.4 Å². The van der Waals surface area contributed by atoms with Gasteiger partial charge in [0.2, 0.25) is 8.32 Å². The second-order valence-corrected chi connectivity index (χ2v) is 7.87. The van der Waals surface area contributed by atoms with E-state index in [4.69, 9.17) is 4.43 Å². The SMILES string of the molecule is C[Si](C)(C)Oc1[c-]cccc1.[Br-].[Mg+2]. The summed E-state index contributed by atoms with van der Waals surface area (Å²) in [5.74, 6) is 0.867. The minimum absolute atomic E-state index is 0. The van der Waals surface area contributed by atoms with Gasteiger partial charge in [-0.05, 0) is 25.4 Å². The summed E-state index contributed by atoms with van der Waals surface area (Å²) in [6, 6.07) is 10.8. The fourth-order valence-corrected chi connectivity index (χ4v) is 1.56. The van der Waals surface area contributed by atoms with Crippen molar-refractivity contribution in [3.63, 3.8) is 0 Å². The van der Waals surface area contributed by atoms with E-state index < -0.39 is 8.32 Å². The van der Waals surface area contributed by atoms with Crippen molar-refractivity contribution in [3.8, 4) is 5.75 Å². The second-order valence-electron chi connectivity index (χ2n) is 3.44. The van der Waals surface area contributed by atoms with Crippen LogP contribution in [-0.4, -0.2) is 31.4 Å². The number of benzene rings is 1. The van der Waals surface area contributed by atoms with Crippen LogP contribution in [0.4, 0.5) is 0 Å². The number of hydrogen-bond donors (Lipinski definition) is 0. The molecule has 0 fully saturated rings. The van der Waals surface area contributed by atoms with Crippen LogP contribution < -0.4 is 21.4 Å². The molecule has 4 heteroatoms. The van der Waals surface area contributed by atoms with Crippen molar-refractivity contribution in [2.45, 2.75) is 19.6 Å². The van der Waals surface area contributed by atoms with Gasteiger partial charge in [-0.2, -0.15) is 18.2 Å². The van der Waals surface area contributed by atoms with Gasteiger partial charge < -0.3 is 21.4 Å². The van der Waals surface area contributed by atoms with E-state index in [1.807, 2.05) is 24.3 Å². The zero-order valence-electron chi connectivity index (χ0n) is 8.30. The molecule has 0 radical (unpaired) electrons. The molecular formula is C9H13BrMgOSi. The average molecular weight is 269 g/mol. The standard InChI is InChI=1S/C9H13OSi.BrH.Mg/c1-11(2,3)10-9-7-5-4-6-8-9;;/h4-7H,1-3H3;1H;/q-1;;+2/p-1. The second kappa shape index (κ2) is 6.87. The summed E-state index contributed by atoms with van der Waals surface area (Å²) in [6.45, 7) is 6.48. The van der Waals surface area contributed by atoms with Crippen molar-refractivity contribution in [2.75, 3.05) is 0 Å². The molecule has 0 N–H and O–H groups in total. The Morgan fingerprint density at radius 3 is 2.23 bits per heavy atom. The summed E-state index contributed by atoms with van der Waals surface area (Å²) in [5.41, 5.74) is 0. The molecule has 0 aliphatic heterocycles. The third-order valence-electron chi connectivity index (χ3n) is 1.10. The normalized spacial score (nSPS) is 9.46. The Kier molecular flexibility index (Phi) is 8.42. The maximum absolute atomic E-state index is 5.68. The summed E-state index contributed by atoms with van der Waals surface area (Å²) in [6.07, 6.45) is 0. The van der Waals surface area contributed by atoms with Crippen LogP contribution in [-0.2, 0) is 0 Å². The molecule has 0 atom stereocenters. The van der Waals surface area contributed by atoms with E-state index in [0.717, 1.165) is 5.75 Å². The van der Waals surface area contributed by atoms with E-state index in [9.17, 15) is 0 Å². The Morgan fingerprint density at radius 2 is 1.85 bits per heavy atom. The molecule has 0 aliphatic rings. The minimum Gasteiger partial charge on any atom is -1.00 e. The fourth-order valence-electron chi connectivity index (χ4n) is 0.770. The molecule has 0 saturated carbocycles. The van der Waals surface area contributed by atoms with Crippen LogP contribution in [0.2, 0.25) is 19.6 Å². The molecule has 68 valence electrons. The Bertz CT molecular complexity index is 223. The van der Waals surface area contributed by atoms with Gasteiger partial charge in [0.15, 0.2) is 0 Å². The molecule has 0 unspecified atom stereocenters. The van der Waals surface area contributed by atoms with E-state index in [1.54, 1.807) is 0 Å². The molecule has 0 saturated heterocycles. The van der Waals surface area contributed by atoms with E-state index in [1.165, 1.54) is 0 Å². The van der Waals surface area contributed by atoms with Gasteiger partial charge in [-0.15, -0.1) is 12.1 Å². The van der Waals surface area contributed by atoms with Gasteiger partial charge in [0.05, 0.1) is 0 Å². The molecule has 13 heavy (non-hydrogen) atoms. The van der Waals surface area contributed by atoms with Crippen LogP contribution in [0.25, 0.3) is 0 Å². The van der Waals surface area contributed by atoms with Gasteiger partial charge in [0.1, 0.15) is 0 Å². The molecule has 0 amide bonds. The largest absolute Gasteiger partial charge is 2.00 e. The maximum atomic E-state index is 5.68. The van der Waals surface area contributed by atoms with Crippen molar-refractivity contribution in [2.24, 2.45) is 0 Å². The Labute approximate surface area is 108 Å². The quantitative estimate of drug-likeness (QED) is 0.511. The first kappa shape index (κ1) is 15.9. The Hall–Kier alpha value is 0.483. The van der Waals surface area contributed by atoms with Crippen molar-refractivity contribution < 1.29 is 21.4 Å².